The van der Waals surface area contributed by atoms with Crippen molar-refractivity contribution in [3.8, 4) is 17.2 Å². The van der Waals surface area contributed by atoms with Crippen molar-refractivity contribution in [1.29, 1.82) is 0 Å². The smallest absolute Gasteiger partial charge is 0.311 e. The van der Waals surface area contributed by atoms with Gasteiger partial charge in [0.2, 0.25) is 5.75 Å². The lowest BCUT2D eigenvalue weighted by atomic mass is 10.2. The van der Waals surface area contributed by atoms with Gasteiger partial charge >= 0.3 is 5.69 Å². The van der Waals surface area contributed by atoms with E-state index in [1.165, 1.54) is 30.0 Å². The Labute approximate surface area is 154 Å². The molecule has 0 saturated carbocycles. The van der Waals surface area contributed by atoms with E-state index in [2.05, 4.69) is 4.98 Å². The van der Waals surface area contributed by atoms with Gasteiger partial charge < -0.3 is 9.47 Å². The molecule has 0 aliphatic carbocycles. The second-order valence-corrected chi connectivity index (χ2v) is 6.13. The summed E-state index contributed by atoms with van der Waals surface area (Å²) in [6, 6.07) is 17.5. The highest BCUT2D eigenvalue weighted by molar-refractivity contribution is 7.98. The standard InChI is InChI=1S/C19H16N2O4S/c1-26-19-10-8-16(12-20-19)25-15-7-9-17(21(22)23)18(11-15)24-13-14-5-3-2-4-6-14/h2-12H,13H2,1H3. The second-order valence-electron chi connectivity index (χ2n) is 5.30. The van der Waals surface area contributed by atoms with Gasteiger partial charge in [0.1, 0.15) is 18.1 Å². The Kier molecular flexibility index (Phi) is 5.70. The Balaban J connectivity index is 1.79. The molecule has 0 aliphatic rings. The fourth-order valence-corrected chi connectivity index (χ4v) is 2.61. The summed E-state index contributed by atoms with van der Waals surface area (Å²) in [6.07, 6.45) is 3.55. The first-order chi connectivity index (χ1) is 12.7. The number of aromatic nitrogens is 1. The number of rotatable bonds is 7. The van der Waals surface area contributed by atoms with Crippen molar-refractivity contribution in [3.63, 3.8) is 0 Å². The fourth-order valence-electron chi connectivity index (χ4n) is 2.24. The van der Waals surface area contributed by atoms with Crippen LogP contribution in [0.15, 0.2) is 71.9 Å². The molecule has 0 spiro atoms. The fraction of sp³-hybridized carbons (Fsp3) is 0.105. The molecule has 0 saturated heterocycles. The molecular weight excluding hydrogens is 352 g/mol. The Morgan fingerprint density at radius 2 is 1.85 bits per heavy atom. The molecule has 3 aromatic rings. The highest BCUT2D eigenvalue weighted by Crippen LogP contribution is 2.33. The van der Waals surface area contributed by atoms with Crippen LogP contribution in [-0.2, 0) is 6.61 Å². The molecule has 0 N–H and O–H groups in total. The average molecular weight is 368 g/mol. The van der Waals surface area contributed by atoms with E-state index >= 15 is 0 Å². The third-order valence-corrected chi connectivity index (χ3v) is 4.18. The highest BCUT2D eigenvalue weighted by Gasteiger charge is 2.17. The zero-order valence-electron chi connectivity index (χ0n) is 14.0. The van der Waals surface area contributed by atoms with Gasteiger partial charge in [-0.1, -0.05) is 30.3 Å². The molecule has 0 fully saturated rings. The van der Waals surface area contributed by atoms with Crippen LogP contribution < -0.4 is 9.47 Å². The summed E-state index contributed by atoms with van der Waals surface area (Å²) in [4.78, 5) is 15.0. The molecule has 2 aromatic carbocycles. The minimum absolute atomic E-state index is 0.107. The van der Waals surface area contributed by atoms with Crippen molar-refractivity contribution < 1.29 is 14.4 Å². The maximum Gasteiger partial charge on any atom is 0.311 e. The lowest BCUT2D eigenvalue weighted by Crippen LogP contribution is -1.99. The predicted octanol–water partition coefficient (Wildman–Crippen LogP) is 5.08. The van der Waals surface area contributed by atoms with Gasteiger partial charge in [0.15, 0.2) is 0 Å². The summed E-state index contributed by atoms with van der Waals surface area (Å²) in [6.45, 7) is 0.231. The van der Waals surface area contributed by atoms with E-state index < -0.39 is 4.92 Å². The minimum Gasteiger partial charge on any atom is -0.482 e. The predicted molar refractivity (Wildman–Crippen MR) is 100.0 cm³/mol. The molecule has 0 unspecified atom stereocenters. The highest BCUT2D eigenvalue weighted by atomic mass is 32.2. The largest absolute Gasteiger partial charge is 0.482 e. The van der Waals surface area contributed by atoms with Gasteiger partial charge in [-0.25, -0.2) is 4.98 Å². The maximum absolute atomic E-state index is 11.2. The molecule has 0 amide bonds. The van der Waals surface area contributed by atoms with Crippen molar-refractivity contribution in [1.82, 2.24) is 4.98 Å². The number of nitrogens with zero attached hydrogens (tertiary/aromatic N) is 2. The molecule has 0 atom stereocenters. The van der Waals surface area contributed by atoms with E-state index in [9.17, 15) is 10.1 Å². The lowest BCUT2D eigenvalue weighted by molar-refractivity contribution is -0.386. The Morgan fingerprint density at radius 3 is 2.50 bits per heavy atom. The first kappa shape index (κ1) is 17.8. The number of nitro benzene ring substituents is 1. The summed E-state index contributed by atoms with van der Waals surface area (Å²) in [5.41, 5.74) is 0.814. The van der Waals surface area contributed by atoms with Gasteiger partial charge in [0, 0.05) is 12.1 Å². The second kappa shape index (κ2) is 8.35. The van der Waals surface area contributed by atoms with Gasteiger partial charge in [-0.3, -0.25) is 10.1 Å². The van der Waals surface area contributed by atoms with Gasteiger partial charge in [0.05, 0.1) is 16.1 Å². The summed E-state index contributed by atoms with van der Waals surface area (Å²) in [7, 11) is 0. The molecule has 0 bridgehead atoms. The zero-order valence-corrected chi connectivity index (χ0v) is 14.8. The molecule has 1 aromatic heterocycles. The van der Waals surface area contributed by atoms with Crippen LogP contribution in [0.1, 0.15) is 5.56 Å². The average Bonchev–Trinajstić information content (AvgIpc) is 2.68. The molecule has 0 radical (unpaired) electrons. The summed E-state index contributed by atoms with van der Waals surface area (Å²) < 4.78 is 11.4. The van der Waals surface area contributed by atoms with Gasteiger partial charge in [0.25, 0.3) is 0 Å². The molecule has 3 rings (SSSR count). The number of ether oxygens (including phenoxy) is 2. The number of pyridine rings is 1. The third kappa shape index (κ3) is 4.52. The monoisotopic (exact) mass is 368 g/mol. The van der Waals surface area contributed by atoms with Gasteiger partial charge in [-0.15, -0.1) is 11.8 Å². The number of benzene rings is 2. The first-order valence-corrected chi connectivity index (χ1v) is 9.01. The topological polar surface area (TPSA) is 74.5 Å². The van der Waals surface area contributed by atoms with Crippen LogP contribution in [0.4, 0.5) is 5.69 Å². The van der Waals surface area contributed by atoms with Gasteiger partial charge in [-0.05, 0) is 30.0 Å². The van der Waals surface area contributed by atoms with Crippen LogP contribution >= 0.6 is 11.8 Å². The van der Waals surface area contributed by atoms with E-state index in [4.69, 9.17) is 9.47 Å². The normalized spacial score (nSPS) is 10.3. The number of hydrogen-bond acceptors (Lipinski definition) is 6. The number of nitro groups is 1. The van der Waals surface area contributed by atoms with Crippen molar-refractivity contribution >= 4 is 17.4 Å². The molecule has 0 aliphatic heterocycles. The number of hydrogen-bond donors (Lipinski definition) is 0. The number of thioether (sulfide) groups is 1. The first-order valence-electron chi connectivity index (χ1n) is 7.79. The molecule has 7 heteroatoms. The maximum atomic E-state index is 11.2. The zero-order chi connectivity index (χ0) is 18.4. The van der Waals surface area contributed by atoms with Crippen LogP contribution in [0.3, 0.4) is 0 Å². The van der Waals surface area contributed by atoms with Crippen molar-refractivity contribution in [3.05, 3.63) is 82.5 Å². The molecule has 132 valence electrons. The van der Waals surface area contributed by atoms with E-state index in [1.54, 1.807) is 12.3 Å². The summed E-state index contributed by atoms with van der Waals surface area (Å²) in [5.74, 6) is 1.15. The molecule has 26 heavy (non-hydrogen) atoms. The van der Waals surface area contributed by atoms with Crippen LogP contribution in [-0.4, -0.2) is 16.2 Å². The van der Waals surface area contributed by atoms with Crippen LogP contribution in [0.5, 0.6) is 17.2 Å². The molecular formula is C19H16N2O4S. The van der Waals surface area contributed by atoms with E-state index in [1.807, 2.05) is 42.7 Å². The molecule has 6 nitrogen and oxygen atoms in total. The van der Waals surface area contributed by atoms with Crippen LogP contribution in [0.2, 0.25) is 0 Å². The Bertz CT molecular complexity index is 886. The lowest BCUT2D eigenvalue weighted by Gasteiger charge is -2.10. The SMILES string of the molecule is CSc1ccc(Oc2ccc([N+](=O)[O-])c(OCc3ccccc3)c2)cn1. The summed E-state index contributed by atoms with van der Waals surface area (Å²) >= 11 is 1.53. The van der Waals surface area contributed by atoms with Gasteiger partial charge in [-0.2, -0.15) is 0 Å². The third-order valence-electron chi connectivity index (χ3n) is 3.52. The van der Waals surface area contributed by atoms with Crippen molar-refractivity contribution in [2.45, 2.75) is 11.6 Å². The van der Waals surface area contributed by atoms with Crippen LogP contribution in [0, 0.1) is 10.1 Å². The van der Waals surface area contributed by atoms with E-state index in [-0.39, 0.29) is 18.0 Å². The van der Waals surface area contributed by atoms with Crippen molar-refractivity contribution in [2.24, 2.45) is 0 Å². The van der Waals surface area contributed by atoms with Crippen LogP contribution in [0.25, 0.3) is 0 Å². The van der Waals surface area contributed by atoms with E-state index in [0.29, 0.717) is 11.5 Å². The quantitative estimate of drug-likeness (QED) is 0.329. The Hall–Kier alpha value is -3.06. The molecule has 1 heterocycles. The summed E-state index contributed by atoms with van der Waals surface area (Å²) in [5, 5.41) is 12.1. The Morgan fingerprint density at radius 1 is 1.08 bits per heavy atom. The van der Waals surface area contributed by atoms with E-state index in [0.717, 1.165) is 10.6 Å². The minimum atomic E-state index is -0.473. The van der Waals surface area contributed by atoms with Crippen molar-refractivity contribution in [2.75, 3.05) is 6.26 Å².